The number of halogens is 1. The van der Waals surface area contributed by atoms with Gasteiger partial charge in [-0.3, -0.25) is 15.0 Å². The minimum Gasteiger partial charge on any atom is -0.362 e. The molecule has 1 fully saturated rings. The number of benzene rings is 1. The summed E-state index contributed by atoms with van der Waals surface area (Å²) in [5.74, 6) is -0.756. The number of amides is 2. The Morgan fingerprint density at radius 1 is 1.10 bits per heavy atom. The molecule has 5 nitrogen and oxygen atoms in total. The van der Waals surface area contributed by atoms with Crippen molar-refractivity contribution in [3.63, 3.8) is 0 Å². The number of aromatic nitrogens is 1. The molecule has 2 N–H and O–H groups in total. The Morgan fingerprint density at radius 3 is 2.50 bits per heavy atom. The van der Waals surface area contributed by atoms with Crippen LogP contribution in [0.3, 0.4) is 0 Å². The number of hydrogen-bond acceptors (Lipinski definition) is 2. The molecule has 0 spiro atoms. The fourth-order valence-electron chi connectivity index (χ4n) is 1.92. The van der Waals surface area contributed by atoms with Crippen molar-refractivity contribution in [2.24, 2.45) is 0 Å². The van der Waals surface area contributed by atoms with Gasteiger partial charge in [-0.25, -0.2) is 5.01 Å². The van der Waals surface area contributed by atoms with E-state index >= 15 is 0 Å². The van der Waals surface area contributed by atoms with Crippen molar-refractivity contribution >= 4 is 46.2 Å². The van der Waals surface area contributed by atoms with E-state index in [9.17, 15) is 9.59 Å². The van der Waals surface area contributed by atoms with Crippen molar-refractivity contribution in [3.8, 4) is 0 Å². The van der Waals surface area contributed by atoms with E-state index in [1.807, 2.05) is 12.1 Å². The summed E-state index contributed by atoms with van der Waals surface area (Å²) in [6.45, 7) is 0. The minimum atomic E-state index is -0.400. The van der Waals surface area contributed by atoms with Crippen LogP contribution in [0.4, 0.5) is 5.69 Å². The van der Waals surface area contributed by atoms with Crippen LogP contribution < -0.4 is 10.4 Å². The second kappa shape index (κ2) is 5.12. The number of rotatable bonds is 2. The smallest absolute Gasteiger partial charge is 0.282 e. The molecule has 0 radical (unpaired) electrons. The van der Waals surface area contributed by atoms with E-state index in [0.29, 0.717) is 11.4 Å². The lowest BCUT2D eigenvalue weighted by molar-refractivity contribution is -0.117. The van der Waals surface area contributed by atoms with Gasteiger partial charge < -0.3 is 4.98 Å². The average molecular weight is 379 g/mol. The van der Waals surface area contributed by atoms with Crippen molar-refractivity contribution in [2.45, 2.75) is 0 Å². The third-order valence-corrected chi connectivity index (χ3v) is 3.62. The monoisotopic (exact) mass is 379 g/mol. The molecule has 1 aliphatic heterocycles. The van der Waals surface area contributed by atoms with E-state index in [2.05, 4.69) is 33.0 Å². The topological polar surface area (TPSA) is 65.2 Å². The van der Waals surface area contributed by atoms with Crippen LogP contribution in [0.15, 0.2) is 48.2 Å². The van der Waals surface area contributed by atoms with Crippen LogP contribution in [-0.4, -0.2) is 16.8 Å². The molecule has 100 valence electrons. The number of nitrogens with one attached hydrogen (secondary N) is 2. The summed E-state index contributed by atoms with van der Waals surface area (Å²) < 4.78 is 1.06. The molecule has 6 heteroatoms. The maximum Gasteiger partial charge on any atom is 0.282 e. The van der Waals surface area contributed by atoms with Gasteiger partial charge >= 0.3 is 0 Å². The first-order valence-electron chi connectivity index (χ1n) is 5.91. The van der Waals surface area contributed by atoms with E-state index < -0.39 is 5.91 Å². The normalized spacial score (nSPS) is 16.9. The largest absolute Gasteiger partial charge is 0.362 e. The Bertz CT molecular complexity index is 690. The lowest BCUT2D eigenvalue weighted by atomic mass is 10.2. The summed E-state index contributed by atoms with van der Waals surface area (Å²) in [6.07, 6.45) is 3.28. The molecule has 20 heavy (non-hydrogen) atoms. The van der Waals surface area contributed by atoms with E-state index in [-0.39, 0.29) is 11.5 Å². The van der Waals surface area contributed by atoms with Gasteiger partial charge in [0, 0.05) is 15.5 Å². The van der Waals surface area contributed by atoms with Gasteiger partial charge in [0.2, 0.25) is 0 Å². The molecule has 0 bridgehead atoms. The lowest BCUT2D eigenvalue weighted by Gasteiger charge is -2.14. The van der Waals surface area contributed by atoms with Gasteiger partial charge in [-0.05, 0) is 65.1 Å². The van der Waals surface area contributed by atoms with Gasteiger partial charge in [-0.2, -0.15) is 0 Å². The highest BCUT2D eigenvalue weighted by molar-refractivity contribution is 14.1. The Labute approximate surface area is 128 Å². The number of hydrogen-bond donors (Lipinski definition) is 2. The van der Waals surface area contributed by atoms with Gasteiger partial charge in [0.15, 0.2) is 0 Å². The molecule has 0 saturated carbocycles. The molecular formula is C14H10IN3O2. The van der Waals surface area contributed by atoms with Gasteiger partial charge in [-0.1, -0.05) is 0 Å². The number of hydrazine groups is 1. The summed E-state index contributed by atoms with van der Waals surface area (Å²) in [5, 5.41) is 1.26. The highest BCUT2D eigenvalue weighted by Gasteiger charge is 2.34. The van der Waals surface area contributed by atoms with E-state index in [4.69, 9.17) is 0 Å². The summed E-state index contributed by atoms with van der Waals surface area (Å²) in [4.78, 5) is 27.1. The van der Waals surface area contributed by atoms with E-state index in [1.54, 1.807) is 36.5 Å². The van der Waals surface area contributed by atoms with Crippen molar-refractivity contribution in [2.75, 3.05) is 5.01 Å². The molecule has 0 atom stereocenters. The molecule has 1 aliphatic rings. The van der Waals surface area contributed by atoms with Crippen molar-refractivity contribution in [3.05, 3.63) is 57.4 Å². The third-order valence-electron chi connectivity index (χ3n) is 2.90. The standard InChI is InChI=1S/C14H10IN3O2/c15-9-3-5-11(6-4-9)18-14(20)12(13(19)17-18)8-10-2-1-7-16-10/h1-8,16H,(H,17,19)/b12-8-. The highest BCUT2D eigenvalue weighted by atomic mass is 127. The van der Waals surface area contributed by atoms with Crippen molar-refractivity contribution in [1.82, 2.24) is 10.4 Å². The Hall–Kier alpha value is -2.09. The molecule has 2 aromatic rings. The number of carbonyl (C=O) groups excluding carboxylic acids is 2. The fourth-order valence-corrected chi connectivity index (χ4v) is 2.28. The predicted octanol–water partition coefficient (Wildman–Crippen LogP) is 2.08. The molecule has 0 unspecified atom stereocenters. The lowest BCUT2D eigenvalue weighted by Crippen LogP contribution is -2.35. The number of carbonyl (C=O) groups is 2. The van der Waals surface area contributed by atoms with Crippen LogP contribution in [0.2, 0.25) is 0 Å². The summed E-state index contributed by atoms with van der Waals surface area (Å²) in [5.41, 5.74) is 4.03. The minimum absolute atomic E-state index is 0.117. The molecule has 1 aromatic heterocycles. The first kappa shape index (κ1) is 12.9. The van der Waals surface area contributed by atoms with Crippen molar-refractivity contribution < 1.29 is 9.59 Å². The molecule has 2 amide bonds. The molecule has 1 aromatic carbocycles. The Kier molecular flexibility index (Phi) is 3.31. The SMILES string of the molecule is O=C1NN(c2ccc(I)cc2)C(=O)/C1=C\c1ccc[nH]1. The fraction of sp³-hybridized carbons (Fsp3) is 0. The van der Waals surface area contributed by atoms with Gasteiger partial charge in [0.05, 0.1) is 5.69 Å². The summed E-state index contributed by atoms with van der Waals surface area (Å²) in [7, 11) is 0. The third kappa shape index (κ3) is 2.34. The second-order valence-electron chi connectivity index (χ2n) is 4.24. The Balaban J connectivity index is 1.92. The zero-order valence-corrected chi connectivity index (χ0v) is 12.4. The zero-order chi connectivity index (χ0) is 14.1. The zero-order valence-electron chi connectivity index (χ0n) is 10.3. The van der Waals surface area contributed by atoms with E-state index in [0.717, 1.165) is 3.57 Å². The average Bonchev–Trinajstić information content (AvgIpc) is 3.04. The van der Waals surface area contributed by atoms with E-state index in [1.165, 1.54) is 5.01 Å². The molecule has 0 aliphatic carbocycles. The first-order valence-corrected chi connectivity index (χ1v) is 6.99. The maximum atomic E-state index is 12.3. The molecule has 3 rings (SSSR count). The van der Waals surface area contributed by atoms with Gasteiger partial charge in [0.1, 0.15) is 5.57 Å². The maximum absolute atomic E-state index is 12.3. The number of aromatic amines is 1. The molecule has 2 heterocycles. The first-order chi connectivity index (χ1) is 9.65. The molecule has 1 saturated heterocycles. The summed E-state index contributed by atoms with van der Waals surface area (Å²) >= 11 is 2.18. The van der Waals surface area contributed by atoms with Gasteiger partial charge in [-0.15, -0.1) is 0 Å². The Morgan fingerprint density at radius 2 is 1.85 bits per heavy atom. The second-order valence-corrected chi connectivity index (χ2v) is 5.49. The molecular weight excluding hydrogens is 369 g/mol. The van der Waals surface area contributed by atoms with Crippen LogP contribution in [0.5, 0.6) is 0 Å². The quantitative estimate of drug-likeness (QED) is 0.477. The van der Waals surface area contributed by atoms with Gasteiger partial charge in [0.25, 0.3) is 11.8 Å². The number of nitrogens with zero attached hydrogens (tertiary/aromatic N) is 1. The van der Waals surface area contributed by atoms with Crippen LogP contribution in [-0.2, 0) is 9.59 Å². The predicted molar refractivity (Wildman–Crippen MR) is 83.6 cm³/mol. The van der Waals surface area contributed by atoms with Crippen LogP contribution in [0.1, 0.15) is 5.69 Å². The number of H-pyrrole nitrogens is 1. The van der Waals surface area contributed by atoms with Crippen molar-refractivity contribution in [1.29, 1.82) is 0 Å². The van der Waals surface area contributed by atoms with Crippen LogP contribution in [0.25, 0.3) is 6.08 Å². The highest BCUT2D eigenvalue weighted by Crippen LogP contribution is 2.21. The van der Waals surface area contributed by atoms with Crippen LogP contribution in [0, 0.1) is 3.57 Å². The van der Waals surface area contributed by atoms with Crippen LogP contribution >= 0.6 is 22.6 Å². The number of anilines is 1. The summed E-state index contributed by atoms with van der Waals surface area (Å²) in [6, 6.07) is 10.9.